The van der Waals surface area contributed by atoms with E-state index in [1.807, 2.05) is 0 Å². The van der Waals surface area contributed by atoms with Crippen molar-refractivity contribution in [2.45, 2.75) is 32.9 Å². The van der Waals surface area contributed by atoms with E-state index in [2.05, 4.69) is 0 Å². The molecule has 1 heterocycles. The molecule has 1 rings (SSSR count). The molecule has 1 fully saturated rings. The van der Waals surface area contributed by atoms with E-state index in [1.165, 1.54) is 9.80 Å². The molecular weight excluding hydrogens is 184 g/mol. The molecule has 1 aliphatic rings. The number of carbonyl (C=O) groups is 3. The van der Waals surface area contributed by atoms with Crippen LogP contribution in [0.15, 0.2) is 0 Å². The quantitative estimate of drug-likeness (QED) is 0.482. The van der Waals surface area contributed by atoms with Gasteiger partial charge in [-0.15, -0.1) is 0 Å². The van der Waals surface area contributed by atoms with Crippen LogP contribution < -0.4 is 0 Å². The van der Waals surface area contributed by atoms with Crippen LogP contribution in [-0.2, 0) is 9.59 Å². The maximum atomic E-state index is 11.6. The van der Waals surface area contributed by atoms with Crippen LogP contribution >= 0.6 is 0 Å². The fourth-order valence-electron chi connectivity index (χ4n) is 1.52. The molecule has 5 nitrogen and oxygen atoms in total. The zero-order chi connectivity index (χ0) is 10.9. The van der Waals surface area contributed by atoms with Crippen LogP contribution in [0.5, 0.6) is 0 Å². The van der Waals surface area contributed by atoms with Crippen LogP contribution in [0.3, 0.4) is 0 Å². The van der Waals surface area contributed by atoms with Crippen molar-refractivity contribution in [2.75, 3.05) is 6.54 Å². The lowest BCUT2D eigenvalue weighted by Gasteiger charge is -2.18. The van der Waals surface area contributed by atoms with Gasteiger partial charge in [0.25, 0.3) is 5.91 Å². The average Bonchev–Trinajstić information content (AvgIpc) is 2.30. The Kier molecular flexibility index (Phi) is 2.88. The van der Waals surface area contributed by atoms with E-state index in [4.69, 9.17) is 0 Å². The number of urea groups is 1. The van der Waals surface area contributed by atoms with Gasteiger partial charge in [0.1, 0.15) is 12.3 Å². The highest BCUT2D eigenvalue weighted by Crippen LogP contribution is 2.18. The van der Waals surface area contributed by atoms with Crippen molar-refractivity contribution in [3.63, 3.8) is 0 Å². The van der Waals surface area contributed by atoms with Gasteiger partial charge in [-0.3, -0.25) is 9.69 Å². The first-order valence-corrected chi connectivity index (χ1v) is 4.58. The van der Waals surface area contributed by atoms with E-state index in [9.17, 15) is 14.4 Å². The molecule has 0 aromatic carbocycles. The Morgan fingerprint density at radius 1 is 1.43 bits per heavy atom. The maximum Gasteiger partial charge on any atom is 0.328 e. The second-order valence-electron chi connectivity index (χ2n) is 3.58. The lowest BCUT2D eigenvalue weighted by molar-refractivity contribution is -0.128. The Morgan fingerprint density at radius 2 is 2.00 bits per heavy atom. The second kappa shape index (κ2) is 3.77. The van der Waals surface area contributed by atoms with Gasteiger partial charge in [0.05, 0.1) is 6.54 Å². The molecule has 0 saturated carbocycles. The molecule has 1 atom stereocenters. The maximum absolute atomic E-state index is 11.6. The molecule has 0 spiro atoms. The molecule has 0 bridgehead atoms. The first kappa shape index (κ1) is 10.7. The fourth-order valence-corrected chi connectivity index (χ4v) is 1.52. The van der Waals surface area contributed by atoms with Crippen molar-refractivity contribution in [1.29, 1.82) is 0 Å². The monoisotopic (exact) mass is 198 g/mol. The standard InChI is InChI=1S/C9H14N2O3/c1-6(2)11-8(13)7(3)10(4-5-12)9(11)14/h5-7H,4H2,1-3H3. The van der Waals surface area contributed by atoms with E-state index in [1.54, 1.807) is 20.8 Å². The Bertz CT molecular complexity index is 275. The van der Waals surface area contributed by atoms with Crippen molar-refractivity contribution in [3.8, 4) is 0 Å². The molecule has 0 aromatic rings. The van der Waals surface area contributed by atoms with E-state index >= 15 is 0 Å². The van der Waals surface area contributed by atoms with Crippen LogP contribution in [-0.4, -0.2) is 46.7 Å². The summed E-state index contributed by atoms with van der Waals surface area (Å²) in [6.07, 6.45) is 0.630. The fraction of sp³-hybridized carbons (Fsp3) is 0.667. The molecule has 5 heteroatoms. The third-order valence-electron chi connectivity index (χ3n) is 2.30. The number of hydrogen-bond donors (Lipinski definition) is 0. The van der Waals surface area contributed by atoms with Crippen LogP contribution in [0.4, 0.5) is 4.79 Å². The van der Waals surface area contributed by atoms with Gasteiger partial charge in [-0.25, -0.2) is 4.79 Å². The minimum absolute atomic E-state index is 0.0189. The van der Waals surface area contributed by atoms with Crippen molar-refractivity contribution < 1.29 is 14.4 Å². The number of amides is 3. The molecule has 0 radical (unpaired) electrons. The predicted octanol–water partition coefficient (Wildman–Crippen LogP) is 0.246. The number of rotatable bonds is 3. The lowest BCUT2D eigenvalue weighted by atomic mass is 10.3. The summed E-state index contributed by atoms with van der Waals surface area (Å²) >= 11 is 0. The number of carbonyl (C=O) groups excluding carboxylic acids is 3. The summed E-state index contributed by atoms with van der Waals surface area (Å²) in [6, 6.07) is -1.05. The van der Waals surface area contributed by atoms with Crippen LogP contribution in [0.2, 0.25) is 0 Å². The van der Waals surface area contributed by atoms with Gasteiger partial charge in [0.15, 0.2) is 0 Å². The third-order valence-corrected chi connectivity index (χ3v) is 2.30. The molecular formula is C9H14N2O3. The number of hydrogen-bond acceptors (Lipinski definition) is 3. The Morgan fingerprint density at radius 3 is 2.36 bits per heavy atom. The highest BCUT2D eigenvalue weighted by Gasteiger charge is 2.43. The summed E-state index contributed by atoms with van der Waals surface area (Å²) in [5.74, 6) is -0.230. The summed E-state index contributed by atoms with van der Waals surface area (Å²) in [5, 5.41) is 0. The predicted molar refractivity (Wildman–Crippen MR) is 49.6 cm³/mol. The van der Waals surface area contributed by atoms with Crippen LogP contribution in [0.1, 0.15) is 20.8 Å². The van der Waals surface area contributed by atoms with Crippen LogP contribution in [0.25, 0.3) is 0 Å². The second-order valence-corrected chi connectivity index (χ2v) is 3.58. The van der Waals surface area contributed by atoms with E-state index in [0.29, 0.717) is 6.29 Å². The molecule has 1 saturated heterocycles. The Hall–Kier alpha value is -1.39. The highest BCUT2D eigenvalue weighted by atomic mass is 16.2. The number of nitrogens with zero attached hydrogens (tertiary/aromatic N) is 2. The molecule has 0 N–H and O–H groups in total. The minimum Gasteiger partial charge on any atom is -0.305 e. The van der Waals surface area contributed by atoms with Crippen molar-refractivity contribution in [1.82, 2.24) is 9.80 Å². The van der Waals surface area contributed by atoms with Gasteiger partial charge in [0.2, 0.25) is 0 Å². The van der Waals surface area contributed by atoms with E-state index < -0.39 is 6.04 Å². The average molecular weight is 198 g/mol. The summed E-state index contributed by atoms with van der Waals surface area (Å²) in [5.41, 5.74) is 0. The van der Waals surface area contributed by atoms with Gasteiger partial charge in [-0.1, -0.05) is 0 Å². The highest BCUT2D eigenvalue weighted by molar-refractivity contribution is 6.04. The first-order valence-electron chi connectivity index (χ1n) is 4.58. The summed E-state index contributed by atoms with van der Waals surface area (Å²) in [6.45, 7) is 5.15. The Labute approximate surface area is 82.7 Å². The third kappa shape index (κ3) is 1.49. The summed E-state index contributed by atoms with van der Waals surface area (Å²) < 4.78 is 0. The van der Waals surface area contributed by atoms with Crippen molar-refractivity contribution >= 4 is 18.2 Å². The summed E-state index contributed by atoms with van der Waals surface area (Å²) in [7, 11) is 0. The molecule has 0 aromatic heterocycles. The molecule has 78 valence electrons. The van der Waals surface area contributed by atoms with E-state index in [0.717, 1.165) is 0 Å². The van der Waals surface area contributed by atoms with Gasteiger partial charge in [0, 0.05) is 6.04 Å². The van der Waals surface area contributed by atoms with Gasteiger partial charge < -0.3 is 9.69 Å². The summed E-state index contributed by atoms with van der Waals surface area (Å²) in [4.78, 5) is 36.0. The largest absolute Gasteiger partial charge is 0.328 e. The van der Waals surface area contributed by atoms with Crippen molar-refractivity contribution in [2.24, 2.45) is 0 Å². The van der Waals surface area contributed by atoms with Gasteiger partial charge in [-0.05, 0) is 20.8 Å². The molecule has 1 unspecified atom stereocenters. The zero-order valence-electron chi connectivity index (χ0n) is 8.56. The topological polar surface area (TPSA) is 57.7 Å². The molecule has 1 aliphatic heterocycles. The number of imide groups is 1. The van der Waals surface area contributed by atoms with Crippen LogP contribution in [0, 0.1) is 0 Å². The van der Waals surface area contributed by atoms with Gasteiger partial charge in [-0.2, -0.15) is 0 Å². The molecule has 3 amide bonds. The van der Waals surface area contributed by atoms with E-state index in [-0.39, 0.29) is 24.5 Å². The number of aldehydes is 1. The zero-order valence-corrected chi connectivity index (χ0v) is 8.56. The lowest BCUT2D eigenvalue weighted by Crippen LogP contribution is -2.38. The first-order chi connectivity index (χ1) is 6.50. The SMILES string of the molecule is CC1C(=O)N(C(C)C)C(=O)N1CC=O. The smallest absolute Gasteiger partial charge is 0.305 e. The van der Waals surface area contributed by atoms with Gasteiger partial charge >= 0.3 is 6.03 Å². The normalized spacial score (nSPS) is 22.4. The molecule has 0 aliphatic carbocycles. The Balaban J connectivity index is 2.90. The van der Waals surface area contributed by atoms with Crippen molar-refractivity contribution in [3.05, 3.63) is 0 Å². The minimum atomic E-state index is -0.518. The molecule has 14 heavy (non-hydrogen) atoms.